The number of hydrogen-bond acceptors (Lipinski definition) is 4. The molecule has 24 heavy (non-hydrogen) atoms. The highest BCUT2D eigenvalue weighted by Crippen LogP contribution is 2.35. The van der Waals surface area contributed by atoms with Crippen LogP contribution in [0.2, 0.25) is 19.6 Å². The maximum Gasteiger partial charge on any atom is 0.691 e. The van der Waals surface area contributed by atoms with Gasteiger partial charge in [0.25, 0.3) is 0 Å². The lowest BCUT2D eigenvalue weighted by Crippen LogP contribution is -2.68. The van der Waals surface area contributed by atoms with E-state index in [1.54, 1.807) is 0 Å². The van der Waals surface area contributed by atoms with Crippen molar-refractivity contribution >= 4 is 23.0 Å². The van der Waals surface area contributed by atoms with Gasteiger partial charge in [0.2, 0.25) is 0 Å². The molecule has 0 fully saturated rings. The third-order valence-electron chi connectivity index (χ3n) is 3.99. The first kappa shape index (κ1) is 19.4. The Labute approximate surface area is 150 Å². The van der Waals surface area contributed by atoms with Gasteiger partial charge in [-0.2, -0.15) is 0 Å². The predicted molar refractivity (Wildman–Crippen MR) is 106 cm³/mol. The van der Waals surface area contributed by atoms with Crippen LogP contribution < -0.4 is 9.31 Å². The molecule has 0 spiro atoms. The molecule has 131 valence electrons. The second kappa shape index (κ2) is 6.43. The third kappa shape index (κ3) is 4.38. The molecule has 0 N–H and O–H groups in total. The van der Waals surface area contributed by atoms with E-state index in [-0.39, 0.29) is 11.1 Å². The highest BCUT2D eigenvalue weighted by atomic mass is 28.3. The van der Waals surface area contributed by atoms with Crippen molar-refractivity contribution in [2.45, 2.75) is 72.3 Å². The molecule has 7 heteroatoms. The van der Waals surface area contributed by atoms with Crippen LogP contribution in [0.1, 0.15) is 41.5 Å². The Morgan fingerprint density at radius 3 is 1.67 bits per heavy atom. The number of hydrogen-bond donors (Lipinski definition) is 0. The summed E-state index contributed by atoms with van der Waals surface area (Å²) in [5, 5.41) is 0. The molecule has 1 aliphatic rings. The Hall–Kier alpha value is -0.913. The van der Waals surface area contributed by atoms with Gasteiger partial charge in [-0.15, -0.1) is 0 Å². The van der Waals surface area contributed by atoms with Crippen molar-refractivity contribution in [1.29, 1.82) is 0 Å². The maximum atomic E-state index is 6.08. The molecule has 0 bridgehead atoms. The van der Waals surface area contributed by atoms with Crippen molar-refractivity contribution in [1.82, 2.24) is 9.20 Å². The van der Waals surface area contributed by atoms with Gasteiger partial charge in [0, 0.05) is 0 Å². The van der Waals surface area contributed by atoms with Crippen LogP contribution in [0.5, 0.6) is 11.5 Å². The number of fused-ring (bicyclic) bond motifs is 1. The summed E-state index contributed by atoms with van der Waals surface area (Å²) in [5.41, 5.74) is -0.0880. The summed E-state index contributed by atoms with van der Waals surface area (Å²) in [5.74, 6) is 1.61. The van der Waals surface area contributed by atoms with E-state index >= 15 is 0 Å². The van der Waals surface area contributed by atoms with Crippen LogP contribution in [-0.2, 0) is 0 Å². The minimum atomic E-state index is -1.57. The number of rotatable bonds is 4. The minimum absolute atomic E-state index is 0.0411. The largest absolute Gasteiger partial charge is 0.691 e. The van der Waals surface area contributed by atoms with Gasteiger partial charge in [-0.25, -0.2) is 0 Å². The van der Waals surface area contributed by atoms with E-state index in [1.807, 2.05) is 24.3 Å². The Balaban J connectivity index is 2.28. The normalized spacial score (nSPS) is 15.4. The zero-order chi connectivity index (χ0) is 18.3. The Morgan fingerprint density at radius 1 is 0.875 bits per heavy atom. The first-order chi connectivity index (χ1) is 10.8. The molecule has 1 heterocycles. The second-order valence-electron chi connectivity index (χ2n) is 9.39. The van der Waals surface area contributed by atoms with E-state index in [9.17, 15) is 0 Å². The first-order valence-corrected chi connectivity index (χ1v) is 12.1. The van der Waals surface area contributed by atoms with Crippen LogP contribution in [0, 0.1) is 0 Å². The van der Waals surface area contributed by atoms with Crippen LogP contribution in [0.3, 0.4) is 0 Å². The van der Waals surface area contributed by atoms with E-state index in [1.165, 1.54) is 0 Å². The summed E-state index contributed by atoms with van der Waals surface area (Å²) in [7, 11) is 0.214. The number of benzene rings is 1. The van der Waals surface area contributed by atoms with Crippen molar-refractivity contribution in [3.05, 3.63) is 24.3 Å². The molecule has 2 rings (SSSR count). The van der Waals surface area contributed by atoms with Gasteiger partial charge in [-0.05, 0) is 64.8 Å². The highest BCUT2D eigenvalue weighted by molar-refractivity contribution is 6.80. The fourth-order valence-electron chi connectivity index (χ4n) is 3.02. The molecule has 0 saturated heterocycles. The fourth-order valence-corrected chi connectivity index (χ4v) is 5.50. The van der Waals surface area contributed by atoms with Gasteiger partial charge >= 0.3 is 14.8 Å². The molecule has 0 saturated carbocycles. The average Bonchev–Trinajstić information content (AvgIpc) is 2.77. The Bertz CT molecular complexity index is 540. The van der Waals surface area contributed by atoms with Gasteiger partial charge < -0.3 is 13.8 Å². The van der Waals surface area contributed by atoms with Crippen molar-refractivity contribution in [2.24, 2.45) is 0 Å². The van der Waals surface area contributed by atoms with Gasteiger partial charge in [0.15, 0.2) is 0 Å². The zero-order valence-corrected chi connectivity index (χ0v) is 17.7. The van der Waals surface area contributed by atoms with E-state index in [0.717, 1.165) is 11.5 Å². The lowest BCUT2D eigenvalue weighted by molar-refractivity contribution is 0.264. The summed E-state index contributed by atoms with van der Waals surface area (Å²) < 4.78 is 16.9. The smallest absolute Gasteiger partial charge is 0.509 e. The Morgan fingerprint density at radius 2 is 1.33 bits per heavy atom. The topological polar surface area (TPSA) is 24.9 Å². The molecule has 1 aromatic rings. The molecule has 0 unspecified atom stereocenters. The van der Waals surface area contributed by atoms with Crippen molar-refractivity contribution in [3.8, 4) is 11.5 Å². The molecule has 4 nitrogen and oxygen atoms in total. The molecule has 0 atom stereocenters. The van der Waals surface area contributed by atoms with Crippen LogP contribution in [0.25, 0.3) is 0 Å². The minimum Gasteiger partial charge on any atom is -0.509 e. The van der Waals surface area contributed by atoms with E-state index in [2.05, 4.69) is 77.9 Å². The summed E-state index contributed by atoms with van der Waals surface area (Å²) in [4.78, 5) is 0. The quantitative estimate of drug-likeness (QED) is 0.770. The van der Waals surface area contributed by atoms with Crippen LogP contribution in [0.4, 0.5) is 0 Å². The Kier molecular flexibility index (Phi) is 5.20. The monoisotopic (exact) mass is 345 g/mol. The molecule has 0 amide bonds. The SMILES string of the molecule is CC(C)(C)N([B]N(C(C)(C)C)[Si](C)(C)C)B1Oc2ccccc2O1. The molecular formula is C17H31B2N2O2Si. The van der Waals surface area contributed by atoms with Crippen molar-refractivity contribution in [2.75, 3.05) is 0 Å². The van der Waals surface area contributed by atoms with Crippen LogP contribution >= 0.6 is 0 Å². The molecule has 0 aliphatic carbocycles. The molecule has 0 aromatic heterocycles. The van der Waals surface area contributed by atoms with Gasteiger partial charge in [-0.3, -0.25) is 4.72 Å². The molecule has 1 aromatic carbocycles. The van der Waals surface area contributed by atoms with E-state index in [4.69, 9.17) is 9.31 Å². The molecule has 1 aliphatic heterocycles. The summed E-state index contributed by atoms with van der Waals surface area (Å²) >= 11 is 0. The molecular weight excluding hydrogens is 314 g/mol. The van der Waals surface area contributed by atoms with Crippen LogP contribution in [0.15, 0.2) is 24.3 Å². The molecule has 1 radical (unpaired) electrons. The van der Waals surface area contributed by atoms with Gasteiger partial charge in [0.05, 0.1) is 0 Å². The van der Waals surface area contributed by atoms with E-state index < -0.39 is 15.5 Å². The van der Waals surface area contributed by atoms with Crippen molar-refractivity contribution < 1.29 is 9.31 Å². The maximum absolute atomic E-state index is 6.08. The fraction of sp³-hybridized carbons (Fsp3) is 0.647. The predicted octanol–water partition coefficient (Wildman–Crippen LogP) is 4.01. The van der Waals surface area contributed by atoms with Crippen molar-refractivity contribution in [3.63, 3.8) is 0 Å². The second-order valence-corrected chi connectivity index (χ2v) is 14.2. The first-order valence-electron chi connectivity index (χ1n) is 8.65. The summed E-state index contributed by atoms with van der Waals surface area (Å²) in [6.07, 6.45) is 0. The van der Waals surface area contributed by atoms with E-state index in [0.29, 0.717) is 0 Å². The van der Waals surface area contributed by atoms with Gasteiger partial charge in [0.1, 0.15) is 19.7 Å². The zero-order valence-electron chi connectivity index (χ0n) is 16.7. The summed E-state index contributed by atoms with van der Waals surface area (Å²) in [6, 6.07) is 7.85. The lowest BCUT2D eigenvalue weighted by atomic mass is 9.81. The van der Waals surface area contributed by atoms with Gasteiger partial charge in [-0.1, -0.05) is 31.8 Å². The third-order valence-corrected chi connectivity index (χ3v) is 6.22. The lowest BCUT2D eigenvalue weighted by Gasteiger charge is -2.48. The average molecular weight is 345 g/mol. The summed E-state index contributed by atoms with van der Waals surface area (Å²) in [6.45, 7) is 20.4. The van der Waals surface area contributed by atoms with Crippen LogP contribution in [-0.4, -0.2) is 43.3 Å². The highest BCUT2D eigenvalue weighted by Gasteiger charge is 2.48. The number of nitrogens with zero attached hydrogens (tertiary/aromatic N) is 2. The number of para-hydroxylation sites is 2. The standard InChI is InChI=1S/C17H31B2N2O2Si/c1-16(2,3)20(18-21(17(4,5)6)24(7,8)9)19-22-14-12-10-11-13-15(14)23-19/h10-13H,1-9H3.